The first-order valence-electron chi connectivity index (χ1n) is 5.05. The van der Waals surface area contributed by atoms with Crippen molar-refractivity contribution in [2.24, 2.45) is 0 Å². The van der Waals surface area contributed by atoms with Crippen molar-refractivity contribution in [1.29, 1.82) is 0 Å². The Morgan fingerprint density at radius 3 is 1.78 bits per heavy atom. The number of halogens is 1. The van der Waals surface area contributed by atoms with Gasteiger partial charge >= 0.3 is 7.82 Å². The zero-order valence-corrected chi connectivity index (χ0v) is 10.0. The van der Waals surface area contributed by atoms with Crippen LogP contribution in [0.4, 0.5) is 4.39 Å². The summed E-state index contributed by atoms with van der Waals surface area (Å²) in [5, 5.41) is 0. The highest BCUT2D eigenvalue weighted by molar-refractivity contribution is 7.46. The van der Waals surface area contributed by atoms with Crippen LogP contribution in [-0.2, 0) is 4.57 Å². The minimum absolute atomic E-state index is 0.0780. The third-order valence-electron chi connectivity index (χ3n) is 2.26. The summed E-state index contributed by atoms with van der Waals surface area (Å²) in [6, 6.07) is 12.1. The Morgan fingerprint density at radius 1 is 0.889 bits per heavy atom. The topological polar surface area (TPSA) is 66.8 Å². The summed E-state index contributed by atoms with van der Waals surface area (Å²) in [6.45, 7) is 0. The van der Waals surface area contributed by atoms with E-state index in [9.17, 15) is 8.96 Å². The Balaban J connectivity index is 2.22. The molecule has 0 aromatic heterocycles. The third-order valence-corrected chi connectivity index (χ3v) is 2.70. The first-order valence-corrected chi connectivity index (χ1v) is 6.58. The van der Waals surface area contributed by atoms with Crippen LogP contribution >= 0.6 is 7.82 Å². The maximum atomic E-state index is 12.7. The van der Waals surface area contributed by atoms with Gasteiger partial charge in [0.15, 0.2) is 0 Å². The van der Waals surface area contributed by atoms with Crippen LogP contribution in [0, 0.1) is 5.82 Å². The van der Waals surface area contributed by atoms with E-state index in [4.69, 9.17) is 9.79 Å². The van der Waals surface area contributed by atoms with Crippen molar-refractivity contribution in [3.63, 3.8) is 0 Å². The van der Waals surface area contributed by atoms with Crippen LogP contribution in [0.3, 0.4) is 0 Å². The first kappa shape index (κ1) is 12.8. The number of hydrogen-bond donors (Lipinski definition) is 2. The predicted molar refractivity (Wildman–Crippen MR) is 64.5 cm³/mol. The fraction of sp³-hybridized carbons (Fsp3) is 0. The fourth-order valence-corrected chi connectivity index (χ4v) is 1.88. The van der Waals surface area contributed by atoms with Crippen LogP contribution < -0.4 is 4.52 Å². The van der Waals surface area contributed by atoms with Crippen LogP contribution in [0.5, 0.6) is 5.75 Å². The molecule has 2 aromatic rings. The maximum absolute atomic E-state index is 12.7. The molecule has 0 spiro atoms. The zero-order chi connectivity index (χ0) is 13.2. The normalized spacial score (nSPS) is 11.3. The van der Waals surface area contributed by atoms with Gasteiger partial charge in [-0.3, -0.25) is 9.79 Å². The second-order valence-electron chi connectivity index (χ2n) is 3.61. The highest BCUT2D eigenvalue weighted by Gasteiger charge is 2.15. The molecule has 2 rings (SSSR count). The van der Waals surface area contributed by atoms with Crippen LogP contribution in [-0.4, -0.2) is 9.79 Å². The van der Waals surface area contributed by atoms with Crippen molar-refractivity contribution in [2.45, 2.75) is 0 Å². The molecule has 18 heavy (non-hydrogen) atoms. The molecule has 2 aromatic carbocycles. The Morgan fingerprint density at radius 2 is 1.33 bits per heavy atom. The predicted octanol–water partition coefficient (Wildman–Crippen LogP) is 2.96. The van der Waals surface area contributed by atoms with E-state index in [2.05, 4.69) is 4.52 Å². The van der Waals surface area contributed by atoms with E-state index in [0.717, 1.165) is 11.1 Å². The molecule has 0 unspecified atom stereocenters. The lowest BCUT2D eigenvalue weighted by molar-refractivity contribution is 0.283. The molecule has 0 aliphatic heterocycles. The summed E-state index contributed by atoms with van der Waals surface area (Å²) < 4.78 is 27.8. The molecule has 0 atom stereocenters. The van der Waals surface area contributed by atoms with E-state index < -0.39 is 7.82 Å². The van der Waals surface area contributed by atoms with Crippen molar-refractivity contribution in [3.8, 4) is 16.9 Å². The minimum atomic E-state index is -4.53. The van der Waals surface area contributed by atoms with Gasteiger partial charge in [-0.2, -0.15) is 0 Å². The van der Waals surface area contributed by atoms with Crippen molar-refractivity contribution in [1.82, 2.24) is 0 Å². The molecule has 0 aliphatic carbocycles. The van der Waals surface area contributed by atoms with E-state index in [0.29, 0.717) is 0 Å². The van der Waals surface area contributed by atoms with E-state index in [1.165, 1.54) is 24.3 Å². The van der Waals surface area contributed by atoms with Gasteiger partial charge in [-0.15, -0.1) is 0 Å². The number of hydrogen-bond acceptors (Lipinski definition) is 2. The lowest BCUT2D eigenvalue weighted by Gasteiger charge is -2.07. The van der Waals surface area contributed by atoms with Crippen molar-refractivity contribution >= 4 is 7.82 Å². The van der Waals surface area contributed by atoms with Gasteiger partial charge < -0.3 is 4.52 Å². The summed E-state index contributed by atoms with van der Waals surface area (Å²) in [7, 11) is -4.53. The number of phosphoric acid groups is 1. The Labute approximate surface area is 103 Å². The zero-order valence-electron chi connectivity index (χ0n) is 9.15. The number of benzene rings is 2. The molecule has 0 amide bonds. The van der Waals surface area contributed by atoms with Gasteiger partial charge in [-0.25, -0.2) is 8.96 Å². The van der Waals surface area contributed by atoms with Gasteiger partial charge in [-0.05, 0) is 35.4 Å². The van der Waals surface area contributed by atoms with Crippen LogP contribution in [0.25, 0.3) is 11.1 Å². The van der Waals surface area contributed by atoms with E-state index in [1.807, 2.05) is 0 Å². The Bertz CT molecular complexity index is 574. The van der Waals surface area contributed by atoms with Gasteiger partial charge in [0.1, 0.15) is 11.6 Å². The first-order chi connectivity index (χ1) is 8.44. The summed E-state index contributed by atoms with van der Waals surface area (Å²) in [4.78, 5) is 17.3. The molecule has 0 heterocycles. The molecule has 94 valence electrons. The fourth-order valence-electron chi connectivity index (χ4n) is 1.49. The van der Waals surface area contributed by atoms with E-state index in [1.54, 1.807) is 24.3 Å². The molecule has 0 bridgehead atoms. The van der Waals surface area contributed by atoms with Crippen molar-refractivity contribution in [3.05, 3.63) is 54.3 Å². The summed E-state index contributed by atoms with van der Waals surface area (Å²) in [6.07, 6.45) is 0. The smallest absolute Gasteiger partial charge is 0.404 e. The second kappa shape index (κ2) is 4.90. The molecule has 0 saturated heterocycles. The van der Waals surface area contributed by atoms with Crippen LogP contribution in [0.15, 0.2) is 48.5 Å². The largest absolute Gasteiger partial charge is 0.524 e. The molecule has 0 aliphatic rings. The third kappa shape index (κ3) is 3.40. The van der Waals surface area contributed by atoms with Gasteiger partial charge in [0.05, 0.1) is 0 Å². The van der Waals surface area contributed by atoms with Gasteiger partial charge in [0, 0.05) is 0 Å². The SMILES string of the molecule is O=P(O)(O)Oc1ccc(-c2ccc(F)cc2)cc1. The Hall–Kier alpha value is -1.68. The quantitative estimate of drug-likeness (QED) is 0.840. The maximum Gasteiger partial charge on any atom is 0.524 e. The molecular weight excluding hydrogens is 258 g/mol. The molecule has 2 N–H and O–H groups in total. The summed E-state index contributed by atoms with van der Waals surface area (Å²) in [5.41, 5.74) is 1.60. The molecule has 6 heteroatoms. The average molecular weight is 268 g/mol. The highest BCUT2D eigenvalue weighted by Crippen LogP contribution is 2.37. The monoisotopic (exact) mass is 268 g/mol. The van der Waals surface area contributed by atoms with Crippen LogP contribution in [0.2, 0.25) is 0 Å². The lowest BCUT2D eigenvalue weighted by Crippen LogP contribution is -1.89. The second-order valence-corrected chi connectivity index (χ2v) is 4.78. The number of phosphoric ester groups is 1. The standard InChI is InChI=1S/C12H10FO4P/c13-11-5-1-9(2-6-11)10-3-7-12(8-4-10)17-18(14,15)16/h1-8H,(H2,14,15,16). The van der Waals surface area contributed by atoms with Gasteiger partial charge in [0.2, 0.25) is 0 Å². The number of rotatable bonds is 3. The lowest BCUT2D eigenvalue weighted by atomic mass is 10.1. The van der Waals surface area contributed by atoms with E-state index >= 15 is 0 Å². The molecule has 0 radical (unpaired) electrons. The van der Waals surface area contributed by atoms with Crippen LogP contribution in [0.1, 0.15) is 0 Å². The average Bonchev–Trinajstić information content (AvgIpc) is 2.29. The highest BCUT2D eigenvalue weighted by atomic mass is 31.2. The summed E-state index contributed by atoms with van der Waals surface area (Å²) in [5.74, 6) is -0.241. The van der Waals surface area contributed by atoms with Crippen molar-refractivity contribution in [2.75, 3.05) is 0 Å². The van der Waals surface area contributed by atoms with E-state index in [-0.39, 0.29) is 11.6 Å². The minimum Gasteiger partial charge on any atom is -0.404 e. The Kier molecular flexibility index (Phi) is 3.48. The molecule has 0 saturated carbocycles. The van der Waals surface area contributed by atoms with Gasteiger partial charge in [0.25, 0.3) is 0 Å². The van der Waals surface area contributed by atoms with Crippen molar-refractivity contribution < 1.29 is 23.3 Å². The molecule has 0 fully saturated rings. The molecule has 4 nitrogen and oxygen atoms in total. The molecular formula is C12H10FO4P. The summed E-state index contributed by atoms with van der Waals surface area (Å²) >= 11 is 0. The van der Waals surface area contributed by atoms with Gasteiger partial charge in [-0.1, -0.05) is 24.3 Å².